The largest absolute Gasteiger partial charge is 0.387 e. The Balaban J connectivity index is 1.85. The molecule has 0 spiro atoms. The smallest absolute Gasteiger partial charge is 0.0969 e. The Hall–Kier alpha value is -0.180. The molecule has 1 unspecified atom stereocenters. The molecule has 2 aliphatic rings. The predicted octanol–water partition coefficient (Wildman–Crippen LogP) is 3.21. The summed E-state index contributed by atoms with van der Waals surface area (Å²) in [5, 5.41) is 0. The first-order chi connectivity index (χ1) is 7.70. The van der Waals surface area contributed by atoms with Crippen LogP contribution >= 0.6 is 11.8 Å². The quantitative estimate of drug-likeness (QED) is 0.607. The summed E-state index contributed by atoms with van der Waals surface area (Å²) in [6.45, 7) is 3.27. The van der Waals surface area contributed by atoms with Crippen LogP contribution in [0.3, 0.4) is 0 Å². The van der Waals surface area contributed by atoms with E-state index in [-0.39, 0.29) is 0 Å². The lowest BCUT2D eigenvalue weighted by Gasteiger charge is -2.24. The van der Waals surface area contributed by atoms with E-state index in [1.54, 1.807) is 0 Å². The van der Waals surface area contributed by atoms with Gasteiger partial charge in [-0.25, -0.2) is 0 Å². The second-order valence-electron chi connectivity index (χ2n) is 5.48. The zero-order valence-electron chi connectivity index (χ0n) is 10.4. The monoisotopic (exact) mass is 240 g/mol. The maximum absolute atomic E-state index is 6.13. The summed E-state index contributed by atoms with van der Waals surface area (Å²) < 4.78 is 0.374. The van der Waals surface area contributed by atoms with Crippen LogP contribution in [-0.2, 0) is 0 Å². The van der Waals surface area contributed by atoms with E-state index in [1.807, 2.05) is 0 Å². The Kier molecular flexibility index (Phi) is 4.17. The fourth-order valence-corrected chi connectivity index (χ4v) is 3.97. The normalized spacial score (nSPS) is 33.2. The van der Waals surface area contributed by atoms with Crippen molar-refractivity contribution in [2.75, 3.05) is 12.3 Å². The molecular formula is C13H24N2S. The van der Waals surface area contributed by atoms with Crippen LogP contribution in [-0.4, -0.2) is 22.9 Å². The van der Waals surface area contributed by atoms with Gasteiger partial charge in [-0.2, -0.15) is 11.8 Å². The maximum atomic E-state index is 6.13. The minimum atomic E-state index is 0.374. The van der Waals surface area contributed by atoms with E-state index in [4.69, 9.17) is 5.73 Å². The van der Waals surface area contributed by atoms with Gasteiger partial charge < -0.3 is 5.73 Å². The number of nitrogens with zero attached hydrogens (tertiary/aromatic N) is 1. The van der Waals surface area contributed by atoms with Gasteiger partial charge in [0.25, 0.3) is 0 Å². The lowest BCUT2D eigenvalue weighted by atomic mass is 9.88. The van der Waals surface area contributed by atoms with Crippen molar-refractivity contribution in [3.63, 3.8) is 0 Å². The molecule has 0 radical (unpaired) electrons. The number of thioether (sulfide) groups is 1. The molecule has 2 nitrogen and oxygen atoms in total. The highest BCUT2D eigenvalue weighted by atomic mass is 32.2. The molecule has 0 bridgehead atoms. The Morgan fingerprint density at radius 2 is 2.06 bits per heavy atom. The van der Waals surface area contributed by atoms with Gasteiger partial charge in [0.2, 0.25) is 0 Å². The number of rotatable bonds is 3. The third-order valence-corrected chi connectivity index (χ3v) is 5.44. The van der Waals surface area contributed by atoms with Crippen LogP contribution in [0.1, 0.15) is 51.9 Å². The molecule has 1 saturated heterocycles. The van der Waals surface area contributed by atoms with Crippen molar-refractivity contribution in [2.45, 2.75) is 56.6 Å². The summed E-state index contributed by atoms with van der Waals surface area (Å²) in [7, 11) is 0. The summed E-state index contributed by atoms with van der Waals surface area (Å²) in [5.41, 5.74) is 6.13. The first-order valence-electron chi connectivity index (χ1n) is 6.63. The maximum Gasteiger partial charge on any atom is 0.0969 e. The molecule has 16 heavy (non-hydrogen) atoms. The van der Waals surface area contributed by atoms with E-state index in [9.17, 15) is 0 Å². The Morgan fingerprint density at radius 1 is 1.31 bits per heavy atom. The van der Waals surface area contributed by atoms with E-state index in [1.165, 1.54) is 50.7 Å². The van der Waals surface area contributed by atoms with E-state index < -0.39 is 0 Å². The van der Waals surface area contributed by atoms with Gasteiger partial charge >= 0.3 is 0 Å². The van der Waals surface area contributed by atoms with Crippen molar-refractivity contribution in [3.8, 4) is 0 Å². The Bertz CT molecular complexity index is 251. The summed E-state index contributed by atoms with van der Waals surface area (Å²) in [5.74, 6) is 2.83. The third-order valence-electron chi connectivity index (χ3n) is 3.92. The van der Waals surface area contributed by atoms with Gasteiger partial charge in [0.15, 0.2) is 0 Å². The van der Waals surface area contributed by atoms with Crippen LogP contribution in [0, 0.1) is 5.92 Å². The molecule has 0 aromatic carbocycles. The van der Waals surface area contributed by atoms with E-state index >= 15 is 0 Å². The van der Waals surface area contributed by atoms with Crippen LogP contribution in [0.25, 0.3) is 0 Å². The van der Waals surface area contributed by atoms with Crippen molar-refractivity contribution in [2.24, 2.45) is 16.6 Å². The Morgan fingerprint density at radius 3 is 2.69 bits per heavy atom. The predicted molar refractivity (Wildman–Crippen MR) is 73.2 cm³/mol. The number of nitrogens with two attached hydrogens (primary N) is 1. The van der Waals surface area contributed by atoms with Crippen LogP contribution in [0.15, 0.2) is 4.99 Å². The van der Waals surface area contributed by atoms with Gasteiger partial charge in [-0.3, -0.25) is 4.99 Å². The molecule has 1 heterocycles. The van der Waals surface area contributed by atoms with Gasteiger partial charge in [0.05, 0.1) is 12.4 Å². The molecule has 3 heteroatoms. The van der Waals surface area contributed by atoms with Crippen molar-refractivity contribution < 1.29 is 0 Å². The average Bonchev–Trinajstić information content (AvgIpc) is 2.75. The van der Waals surface area contributed by atoms with E-state index in [0.29, 0.717) is 10.7 Å². The lowest BCUT2D eigenvalue weighted by Crippen LogP contribution is -2.29. The highest BCUT2D eigenvalue weighted by Gasteiger charge is 2.29. The summed E-state index contributed by atoms with van der Waals surface area (Å²) in [6.07, 6.45) is 9.24. The molecular weight excluding hydrogens is 216 g/mol. The minimum absolute atomic E-state index is 0.374. The molecule has 0 aromatic heterocycles. The topological polar surface area (TPSA) is 38.4 Å². The van der Waals surface area contributed by atoms with Crippen LogP contribution in [0.4, 0.5) is 0 Å². The van der Waals surface area contributed by atoms with Gasteiger partial charge in [-0.05, 0) is 38.4 Å². The van der Waals surface area contributed by atoms with E-state index in [2.05, 4.69) is 23.7 Å². The highest BCUT2D eigenvalue weighted by molar-refractivity contribution is 8.00. The SMILES string of the molecule is CC1(CN=C(N)C2CCCCC2)CCCS1. The first kappa shape index (κ1) is 12.3. The fourth-order valence-electron chi connectivity index (χ4n) is 2.75. The summed E-state index contributed by atoms with van der Waals surface area (Å²) in [4.78, 5) is 4.68. The van der Waals surface area contributed by atoms with Gasteiger partial charge in [-0.15, -0.1) is 0 Å². The molecule has 2 N–H and O–H groups in total. The standard InChI is InChI=1S/C13H24N2S/c1-13(8-5-9-16-13)10-15-12(14)11-6-3-2-4-7-11/h11H,2-10H2,1H3,(H2,14,15). The second-order valence-corrected chi connectivity index (χ2v) is 7.16. The molecule has 1 aliphatic carbocycles. The van der Waals surface area contributed by atoms with Crippen molar-refractivity contribution in [1.82, 2.24) is 0 Å². The summed E-state index contributed by atoms with van der Waals surface area (Å²) >= 11 is 2.07. The number of aliphatic imine (C=N–C) groups is 1. The van der Waals surface area contributed by atoms with Gasteiger partial charge in [-0.1, -0.05) is 19.3 Å². The van der Waals surface area contributed by atoms with Crippen LogP contribution < -0.4 is 5.73 Å². The lowest BCUT2D eigenvalue weighted by molar-refractivity contribution is 0.436. The minimum Gasteiger partial charge on any atom is -0.387 e. The molecule has 1 saturated carbocycles. The van der Waals surface area contributed by atoms with Gasteiger partial charge in [0.1, 0.15) is 0 Å². The number of hydrogen-bond donors (Lipinski definition) is 1. The number of hydrogen-bond acceptors (Lipinski definition) is 2. The second kappa shape index (κ2) is 5.44. The summed E-state index contributed by atoms with van der Waals surface area (Å²) in [6, 6.07) is 0. The van der Waals surface area contributed by atoms with E-state index in [0.717, 1.165) is 12.4 Å². The first-order valence-corrected chi connectivity index (χ1v) is 7.62. The molecule has 2 fully saturated rings. The zero-order chi connectivity index (χ0) is 11.4. The zero-order valence-corrected chi connectivity index (χ0v) is 11.2. The van der Waals surface area contributed by atoms with Crippen LogP contribution in [0.5, 0.6) is 0 Å². The highest BCUT2D eigenvalue weighted by Crippen LogP contribution is 2.38. The molecule has 0 amide bonds. The third kappa shape index (κ3) is 3.16. The average molecular weight is 240 g/mol. The molecule has 92 valence electrons. The van der Waals surface area contributed by atoms with Crippen molar-refractivity contribution in [1.29, 1.82) is 0 Å². The fraction of sp³-hybridized carbons (Fsp3) is 0.923. The van der Waals surface area contributed by atoms with Crippen LogP contribution in [0.2, 0.25) is 0 Å². The van der Waals surface area contributed by atoms with Gasteiger partial charge in [0, 0.05) is 10.7 Å². The molecule has 1 aliphatic heterocycles. The number of amidine groups is 1. The Labute approximate surface area is 103 Å². The van der Waals surface area contributed by atoms with Crippen molar-refractivity contribution in [3.05, 3.63) is 0 Å². The van der Waals surface area contributed by atoms with Crippen molar-refractivity contribution >= 4 is 17.6 Å². The molecule has 0 aromatic rings. The molecule has 2 rings (SSSR count). The molecule has 1 atom stereocenters.